The second-order valence-corrected chi connectivity index (χ2v) is 4.67. The maximum atomic E-state index is 13.2. The van der Waals surface area contributed by atoms with Crippen molar-refractivity contribution in [3.8, 4) is 0 Å². The van der Waals surface area contributed by atoms with Gasteiger partial charge in [-0.25, -0.2) is 4.39 Å². The minimum atomic E-state index is -0.628. The molecule has 2 heteroatoms. The Labute approximate surface area is 89.9 Å². The number of hydrogen-bond acceptors (Lipinski definition) is 1. The second kappa shape index (κ2) is 3.51. The SMILES string of the molecule is FC1CCN(c2ccccc2C2CC2)C1. The Hall–Kier alpha value is -1.05. The van der Waals surface area contributed by atoms with Gasteiger partial charge in [0.15, 0.2) is 0 Å². The molecule has 0 amide bonds. The normalized spacial score (nSPS) is 25.9. The van der Waals surface area contributed by atoms with Crippen LogP contribution in [0.5, 0.6) is 0 Å². The molecule has 2 aliphatic rings. The highest BCUT2D eigenvalue weighted by Crippen LogP contribution is 2.44. The zero-order chi connectivity index (χ0) is 10.3. The summed E-state index contributed by atoms with van der Waals surface area (Å²) < 4.78 is 13.2. The van der Waals surface area contributed by atoms with Crippen LogP contribution in [-0.4, -0.2) is 19.3 Å². The van der Waals surface area contributed by atoms with Crippen LogP contribution in [0.25, 0.3) is 0 Å². The van der Waals surface area contributed by atoms with E-state index >= 15 is 0 Å². The lowest BCUT2D eigenvalue weighted by atomic mass is 10.1. The van der Waals surface area contributed by atoms with Gasteiger partial charge in [-0.1, -0.05) is 18.2 Å². The van der Waals surface area contributed by atoms with Crippen molar-refractivity contribution in [2.75, 3.05) is 18.0 Å². The summed E-state index contributed by atoms with van der Waals surface area (Å²) in [6, 6.07) is 8.51. The third-order valence-electron chi connectivity index (χ3n) is 3.43. The molecule has 0 radical (unpaired) electrons. The molecule has 1 aromatic rings. The number of alkyl halides is 1. The number of halogens is 1. The van der Waals surface area contributed by atoms with E-state index in [1.165, 1.54) is 24.1 Å². The topological polar surface area (TPSA) is 3.24 Å². The summed E-state index contributed by atoms with van der Waals surface area (Å²) in [5, 5.41) is 0. The second-order valence-electron chi connectivity index (χ2n) is 4.67. The Bertz CT molecular complexity index is 359. The number of hydrogen-bond donors (Lipinski definition) is 0. The number of anilines is 1. The van der Waals surface area contributed by atoms with Crippen LogP contribution in [0.15, 0.2) is 24.3 Å². The molecule has 1 aromatic carbocycles. The highest BCUT2D eigenvalue weighted by molar-refractivity contribution is 5.57. The molecule has 1 heterocycles. The van der Waals surface area contributed by atoms with Gasteiger partial charge in [0.25, 0.3) is 0 Å². The lowest BCUT2D eigenvalue weighted by Crippen LogP contribution is -2.21. The fourth-order valence-corrected chi connectivity index (χ4v) is 2.45. The first kappa shape index (κ1) is 9.20. The van der Waals surface area contributed by atoms with Gasteiger partial charge in [0, 0.05) is 18.8 Å². The monoisotopic (exact) mass is 205 g/mol. The molecular formula is C13H16FN. The number of rotatable bonds is 2. The summed E-state index contributed by atoms with van der Waals surface area (Å²) in [7, 11) is 0. The number of nitrogens with zero attached hydrogens (tertiary/aromatic N) is 1. The fourth-order valence-electron chi connectivity index (χ4n) is 2.45. The van der Waals surface area contributed by atoms with Gasteiger partial charge >= 0.3 is 0 Å². The van der Waals surface area contributed by atoms with Crippen LogP contribution < -0.4 is 4.90 Å². The Balaban J connectivity index is 1.89. The lowest BCUT2D eigenvalue weighted by molar-refractivity contribution is 0.364. The largest absolute Gasteiger partial charge is 0.368 e. The third-order valence-corrected chi connectivity index (χ3v) is 3.43. The maximum Gasteiger partial charge on any atom is 0.119 e. The van der Waals surface area contributed by atoms with Gasteiger partial charge in [-0.05, 0) is 36.8 Å². The lowest BCUT2D eigenvalue weighted by Gasteiger charge is -2.21. The summed E-state index contributed by atoms with van der Waals surface area (Å²) in [4.78, 5) is 2.21. The van der Waals surface area contributed by atoms with Crippen molar-refractivity contribution in [1.29, 1.82) is 0 Å². The van der Waals surface area contributed by atoms with Crippen LogP contribution in [0.4, 0.5) is 10.1 Å². The highest BCUT2D eigenvalue weighted by Gasteiger charge is 2.29. The van der Waals surface area contributed by atoms with Crippen molar-refractivity contribution < 1.29 is 4.39 Å². The molecule has 1 saturated heterocycles. The van der Waals surface area contributed by atoms with Gasteiger partial charge in [0.1, 0.15) is 6.17 Å². The molecule has 1 aliphatic heterocycles. The van der Waals surface area contributed by atoms with Crippen molar-refractivity contribution in [3.05, 3.63) is 29.8 Å². The minimum Gasteiger partial charge on any atom is -0.368 e. The van der Waals surface area contributed by atoms with E-state index in [1.54, 1.807) is 0 Å². The van der Waals surface area contributed by atoms with Crippen molar-refractivity contribution >= 4 is 5.69 Å². The van der Waals surface area contributed by atoms with Gasteiger partial charge in [-0.15, -0.1) is 0 Å². The summed E-state index contributed by atoms with van der Waals surface area (Å²) in [5.74, 6) is 0.750. The first-order chi connectivity index (χ1) is 7.34. The molecule has 1 aliphatic carbocycles. The average Bonchev–Trinajstić information content (AvgIpc) is 3.02. The van der Waals surface area contributed by atoms with Crippen molar-refractivity contribution in [1.82, 2.24) is 0 Å². The molecule has 1 atom stereocenters. The zero-order valence-corrected chi connectivity index (χ0v) is 8.82. The van der Waals surface area contributed by atoms with E-state index in [1.807, 2.05) is 0 Å². The predicted octanol–water partition coefficient (Wildman–Crippen LogP) is 3.11. The molecule has 0 bridgehead atoms. The summed E-state index contributed by atoms with van der Waals surface area (Å²) in [6.07, 6.45) is 2.68. The Morgan fingerprint density at radius 1 is 1.13 bits per heavy atom. The molecule has 1 unspecified atom stereocenters. The van der Waals surface area contributed by atoms with Crippen LogP contribution >= 0.6 is 0 Å². The summed E-state index contributed by atoms with van der Waals surface area (Å²) in [6.45, 7) is 1.47. The third kappa shape index (κ3) is 1.73. The van der Waals surface area contributed by atoms with E-state index in [4.69, 9.17) is 0 Å². The first-order valence-corrected chi connectivity index (χ1v) is 5.82. The maximum absolute atomic E-state index is 13.2. The molecule has 1 nitrogen and oxygen atoms in total. The van der Waals surface area contributed by atoms with Crippen LogP contribution in [-0.2, 0) is 0 Å². The average molecular weight is 205 g/mol. The summed E-state index contributed by atoms with van der Waals surface area (Å²) in [5.41, 5.74) is 2.71. The van der Waals surface area contributed by atoms with Crippen molar-refractivity contribution in [2.45, 2.75) is 31.4 Å². The van der Waals surface area contributed by atoms with E-state index in [9.17, 15) is 4.39 Å². The van der Waals surface area contributed by atoms with E-state index < -0.39 is 6.17 Å². The Morgan fingerprint density at radius 2 is 1.93 bits per heavy atom. The summed E-state index contributed by atoms with van der Waals surface area (Å²) >= 11 is 0. The van der Waals surface area contributed by atoms with Crippen LogP contribution in [0, 0.1) is 0 Å². The standard InChI is InChI=1S/C13H16FN/c14-11-7-8-15(9-11)13-4-2-1-3-12(13)10-5-6-10/h1-4,10-11H,5-9H2. The van der Waals surface area contributed by atoms with Gasteiger partial charge in [0.05, 0.1) is 0 Å². The molecular weight excluding hydrogens is 189 g/mol. The van der Waals surface area contributed by atoms with E-state index in [0.717, 1.165) is 12.5 Å². The predicted molar refractivity (Wildman–Crippen MR) is 60.1 cm³/mol. The Kier molecular flexibility index (Phi) is 2.15. The highest BCUT2D eigenvalue weighted by atomic mass is 19.1. The molecule has 0 N–H and O–H groups in total. The molecule has 80 valence electrons. The molecule has 0 aromatic heterocycles. The molecule has 1 saturated carbocycles. The fraction of sp³-hybridized carbons (Fsp3) is 0.538. The van der Waals surface area contributed by atoms with Gasteiger partial charge < -0.3 is 4.90 Å². The van der Waals surface area contributed by atoms with Crippen LogP contribution in [0.1, 0.15) is 30.7 Å². The van der Waals surface area contributed by atoms with E-state index in [-0.39, 0.29) is 0 Å². The van der Waals surface area contributed by atoms with Crippen LogP contribution in [0.2, 0.25) is 0 Å². The molecule has 2 fully saturated rings. The van der Waals surface area contributed by atoms with E-state index in [2.05, 4.69) is 29.2 Å². The van der Waals surface area contributed by atoms with E-state index in [0.29, 0.717) is 13.0 Å². The molecule has 3 rings (SSSR count). The molecule has 15 heavy (non-hydrogen) atoms. The van der Waals surface area contributed by atoms with Crippen molar-refractivity contribution in [2.24, 2.45) is 0 Å². The number of benzene rings is 1. The molecule has 0 spiro atoms. The zero-order valence-electron chi connectivity index (χ0n) is 8.82. The van der Waals surface area contributed by atoms with Gasteiger partial charge in [0.2, 0.25) is 0 Å². The quantitative estimate of drug-likeness (QED) is 0.717. The van der Waals surface area contributed by atoms with Gasteiger partial charge in [-0.2, -0.15) is 0 Å². The first-order valence-electron chi connectivity index (χ1n) is 5.82. The van der Waals surface area contributed by atoms with Gasteiger partial charge in [-0.3, -0.25) is 0 Å². The van der Waals surface area contributed by atoms with Crippen molar-refractivity contribution in [3.63, 3.8) is 0 Å². The minimum absolute atomic E-state index is 0.587. The Morgan fingerprint density at radius 3 is 2.60 bits per heavy atom. The smallest absolute Gasteiger partial charge is 0.119 e. The number of para-hydroxylation sites is 1. The van der Waals surface area contributed by atoms with Crippen LogP contribution in [0.3, 0.4) is 0 Å².